The molecule has 0 fully saturated rings. The van der Waals surface area contributed by atoms with Crippen molar-refractivity contribution in [2.75, 3.05) is 13.2 Å². The van der Waals surface area contributed by atoms with Gasteiger partial charge in [-0.2, -0.15) is 0 Å². The Morgan fingerprint density at radius 3 is 0.970 bits per heavy atom. The molecule has 0 aliphatic rings. The first-order valence-corrected chi connectivity index (χ1v) is 27.8. The Labute approximate surface area is 413 Å². The number of esters is 3. The van der Waals surface area contributed by atoms with E-state index in [0.29, 0.717) is 19.3 Å². The molecule has 0 radical (unpaired) electrons. The number of ether oxygens (including phenoxy) is 3. The molecule has 1 unspecified atom stereocenters. The highest BCUT2D eigenvalue weighted by molar-refractivity contribution is 5.71. The first kappa shape index (κ1) is 63.3. The van der Waals surface area contributed by atoms with Crippen molar-refractivity contribution in [1.29, 1.82) is 0 Å². The van der Waals surface area contributed by atoms with Gasteiger partial charge in [0.25, 0.3) is 0 Å². The molecule has 0 aliphatic carbocycles. The van der Waals surface area contributed by atoms with E-state index < -0.39 is 6.10 Å². The minimum atomic E-state index is -0.800. The highest BCUT2D eigenvalue weighted by Gasteiger charge is 2.19. The standard InChI is InChI=1S/C61H102O6/c1-4-7-10-13-16-19-22-25-27-29-31-33-34-36-39-42-45-48-51-54-60(63)66-57-58(56-65-59(62)53-50-47-44-41-38-24-21-18-15-12-9-6-3)67-61(64)55-52-49-46-43-40-37-35-32-30-28-26-23-20-17-14-11-8-5-2/h7,10,13,16,19,22,25,27,29,31-36,39,58H,4-6,8-9,11-12,14-15,17-18,20-21,23-24,26,28,30,37-38,40-57H2,1-3H3/b10-7-,16-13-,22-19-,27-25-,31-29+,34-33-,35-32-,39-36-. The summed E-state index contributed by atoms with van der Waals surface area (Å²) in [7, 11) is 0. The van der Waals surface area contributed by atoms with Crippen LogP contribution in [0, 0.1) is 0 Å². The molecule has 0 rings (SSSR count). The van der Waals surface area contributed by atoms with Gasteiger partial charge in [-0.05, 0) is 64.2 Å². The zero-order chi connectivity index (χ0) is 48.6. The second-order valence-corrected chi connectivity index (χ2v) is 18.3. The fourth-order valence-corrected chi connectivity index (χ4v) is 7.60. The number of rotatable bonds is 49. The van der Waals surface area contributed by atoms with E-state index in [2.05, 4.69) is 45.1 Å². The van der Waals surface area contributed by atoms with Gasteiger partial charge in [0.15, 0.2) is 6.10 Å². The summed E-state index contributed by atoms with van der Waals surface area (Å²) >= 11 is 0. The number of carbonyl (C=O) groups is 3. The summed E-state index contributed by atoms with van der Waals surface area (Å²) in [5.74, 6) is -0.947. The number of hydrogen-bond donors (Lipinski definition) is 0. The summed E-state index contributed by atoms with van der Waals surface area (Å²) in [5.41, 5.74) is 0. The minimum absolute atomic E-state index is 0.0946. The number of carbonyl (C=O) groups excluding carboxylic acids is 3. The van der Waals surface area contributed by atoms with Gasteiger partial charge in [-0.15, -0.1) is 0 Å². The normalized spacial score (nSPS) is 12.8. The molecule has 0 saturated carbocycles. The van der Waals surface area contributed by atoms with Gasteiger partial charge in [0.05, 0.1) is 0 Å². The minimum Gasteiger partial charge on any atom is -0.462 e. The van der Waals surface area contributed by atoms with Crippen molar-refractivity contribution in [3.05, 3.63) is 97.2 Å². The van der Waals surface area contributed by atoms with Crippen LogP contribution in [0.2, 0.25) is 0 Å². The van der Waals surface area contributed by atoms with Gasteiger partial charge in [-0.3, -0.25) is 14.4 Å². The Morgan fingerprint density at radius 2 is 0.597 bits per heavy atom. The van der Waals surface area contributed by atoms with Crippen molar-refractivity contribution >= 4 is 17.9 Å². The van der Waals surface area contributed by atoms with Gasteiger partial charge in [0.2, 0.25) is 0 Å². The molecule has 382 valence electrons. The molecule has 0 saturated heterocycles. The lowest BCUT2D eigenvalue weighted by Crippen LogP contribution is -2.30. The smallest absolute Gasteiger partial charge is 0.306 e. The van der Waals surface area contributed by atoms with E-state index in [1.54, 1.807) is 0 Å². The molecule has 0 aromatic rings. The van der Waals surface area contributed by atoms with Crippen LogP contribution in [0.1, 0.15) is 252 Å². The molecular weight excluding hydrogens is 829 g/mol. The van der Waals surface area contributed by atoms with Crippen LogP contribution in [-0.4, -0.2) is 37.2 Å². The van der Waals surface area contributed by atoms with E-state index in [4.69, 9.17) is 14.2 Å². The Bertz CT molecular complexity index is 1350. The van der Waals surface area contributed by atoms with E-state index in [1.807, 2.05) is 72.9 Å². The van der Waals surface area contributed by atoms with Gasteiger partial charge >= 0.3 is 17.9 Å². The van der Waals surface area contributed by atoms with E-state index in [1.165, 1.54) is 128 Å². The molecule has 0 aliphatic heterocycles. The predicted molar refractivity (Wildman–Crippen MR) is 288 cm³/mol. The maximum Gasteiger partial charge on any atom is 0.306 e. The SMILES string of the molecule is CC\C=C/C=C\C=C/C=C\C=C\C=C/C=C\CCCCCC(=O)OCC(COC(=O)CCCCCCCCCCCCCC)OC(=O)CCCCCCC/C=C\CCCCCCCCCCC. The van der Waals surface area contributed by atoms with Gasteiger partial charge in [0.1, 0.15) is 13.2 Å². The van der Waals surface area contributed by atoms with Crippen molar-refractivity contribution < 1.29 is 28.6 Å². The lowest BCUT2D eigenvalue weighted by Gasteiger charge is -2.18. The maximum absolute atomic E-state index is 12.8. The zero-order valence-electron chi connectivity index (χ0n) is 43.6. The Morgan fingerprint density at radius 1 is 0.313 bits per heavy atom. The maximum atomic E-state index is 12.8. The fraction of sp³-hybridized carbons (Fsp3) is 0.689. The molecule has 0 amide bonds. The Kier molecular flexibility index (Phi) is 51.9. The quantitative estimate of drug-likeness (QED) is 0.0199. The molecule has 0 spiro atoms. The van der Waals surface area contributed by atoms with Crippen LogP contribution in [0.4, 0.5) is 0 Å². The topological polar surface area (TPSA) is 78.9 Å². The van der Waals surface area contributed by atoms with Gasteiger partial charge in [-0.1, -0.05) is 266 Å². The summed E-state index contributed by atoms with van der Waals surface area (Å²) in [4.78, 5) is 38.1. The molecule has 67 heavy (non-hydrogen) atoms. The molecular formula is C61H102O6. The third-order valence-corrected chi connectivity index (χ3v) is 11.8. The first-order valence-electron chi connectivity index (χ1n) is 27.8. The summed E-state index contributed by atoms with van der Waals surface area (Å²) in [6.07, 6.45) is 72.5. The summed E-state index contributed by atoms with van der Waals surface area (Å²) in [6, 6.07) is 0. The summed E-state index contributed by atoms with van der Waals surface area (Å²) in [6.45, 7) is 6.45. The second kappa shape index (κ2) is 54.9. The van der Waals surface area contributed by atoms with Crippen molar-refractivity contribution in [1.82, 2.24) is 0 Å². The third-order valence-electron chi connectivity index (χ3n) is 11.8. The average molecular weight is 931 g/mol. The van der Waals surface area contributed by atoms with Crippen LogP contribution < -0.4 is 0 Å². The first-order chi connectivity index (χ1) is 33.0. The molecule has 0 bridgehead atoms. The van der Waals surface area contributed by atoms with Crippen LogP contribution in [0.5, 0.6) is 0 Å². The van der Waals surface area contributed by atoms with Crippen LogP contribution >= 0.6 is 0 Å². The lowest BCUT2D eigenvalue weighted by molar-refractivity contribution is -0.167. The van der Waals surface area contributed by atoms with Crippen LogP contribution in [-0.2, 0) is 28.6 Å². The molecule has 6 heteroatoms. The van der Waals surface area contributed by atoms with Crippen molar-refractivity contribution in [2.24, 2.45) is 0 Å². The monoisotopic (exact) mass is 931 g/mol. The summed E-state index contributed by atoms with van der Waals surface area (Å²) < 4.78 is 16.8. The van der Waals surface area contributed by atoms with Gasteiger partial charge < -0.3 is 14.2 Å². The molecule has 0 heterocycles. The largest absolute Gasteiger partial charge is 0.462 e. The molecule has 1 atom stereocenters. The van der Waals surface area contributed by atoms with Crippen molar-refractivity contribution in [3.63, 3.8) is 0 Å². The highest BCUT2D eigenvalue weighted by atomic mass is 16.6. The molecule has 0 aromatic carbocycles. The number of unbranched alkanes of at least 4 members (excludes halogenated alkanes) is 28. The second-order valence-electron chi connectivity index (χ2n) is 18.3. The van der Waals surface area contributed by atoms with E-state index in [-0.39, 0.29) is 31.1 Å². The van der Waals surface area contributed by atoms with Gasteiger partial charge in [-0.25, -0.2) is 0 Å². The average Bonchev–Trinajstić information content (AvgIpc) is 3.33. The number of hydrogen-bond acceptors (Lipinski definition) is 6. The molecule has 0 aromatic heterocycles. The van der Waals surface area contributed by atoms with Crippen LogP contribution in [0.3, 0.4) is 0 Å². The predicted octanol–water partition coefficient (Wildman–Crippen LogP) is 18.5. The van der Waals surface area contributed by atoms with E-state index in [9.17, 15) is 14.4 Å². The van der Waals surface area contributed by atoms with Gasteiger partial charge in [0, 0.05) is 19.3 Å². The fourth-order valence-electron chi connectivity index (χ4n) is 7.60. The lowest BCUT2D eigenvalue weighted by atomic mass is 10.0. The third kappa shape index (κ3) is 53.2. The molecule has 6 nitrogen and oxygen atoms in total. The van der Waals surface area contributed by atoms with Crippen LogP contribution in [0.15, 0.2) is 97.2 Å². The van der Waals surface area contributed by atoms with E-state index in [0.717, 1.165) is 83.5 Å². The van der Waals surface area contributed by atoms with Crippen molar-refractivity contribution in [3.8, 4) is 0 Å². The zero-order valence-corrected chi connectivity index (χ0v) is 43.6. The summed E-state index contributed by atoms with van der Waals surface area (Å²) in [5, 5.41) is 0. The molecule has 0 N–H and O–H groups in total. The van der Waals surface area contributed by atoms with Crippen molar-refractivity contribution in [2.45, 2.75) is 258 Å². The number of allylic oxidation sites excluding steroid dienone is 16. The van der Waals surface area contributed by atoms with Crippen LogP contribution in [0.25, 0.3) is 0 Å². The Hall–Kier alpha value is -3.67. The van der Waals surface area contributed by atoms with E-state index >= 15 is 0 Å². The Balaban J connectivity index is 4.48. The highest BCUT2D eigenvalue weighted by Crippen LogP contribution is 2.15.